The van der Waals surface area contributed by atoms with Gasteiger partial charge in [0.25, 0.3) is 5.91 Å². The third kappa shape index (κ3) is 2.29. The predicted octanol–water partition coefficient (Wildman–Crippen LogP) is 1.37. The average molecular weight is 225 g/mol. The quantitative estimate of drug-likeness (QED) is 0.833. The predicted molar refractivity (Wildman–Crippen MR) is 51.5 cm³/mol. The third-order valence-corrected chi connectivity index (χ3v) is 1.71. The van der Waals surface area contributed by atoms with Gasteiger partial charge >= 0.3 is 0 Å². The molecule has 0 atom stereocenters. The highest BCUT2D eigenvalue weighted by molar-refractivity contribution is 6.29. The van der Waals surface area contributed by atoms with Crippen LogP contribution in [-0.4, -0.2) is 21.0 Å². The SMILES string of the molecule is O=C(Nc1cnoc1)c1cncc(Cl)n1. The molecule has 2 rings (SSSR count). The van der Waals surface area contributed by atoms with Gasteiger partial charge in [0.05, 0.1) is 18.6 Å². The lowest BCUT2D eigenvalue weighted by Crippen LogP contribution is -2.13. The van der Waals surface area contributed by atoms with E-state index in [1.165, 1.54) is 24.9 Å². The van der Waals surface area contributed by atoms with E-state index in [9.17, 15) is 4.79 Å². The summed E-state index contributed by atoms with van der Waals surface area (Å²) in [7, 11) is 0. The van der Waals surface area contributed by atoms with Gasteiger partial charge in [-0.15, -0.1) is 0 Å². The fraction of sp³-hybridized carbons (Fsp3) is 0. The smallest absolute Gasteiger partial charge is 0.276 e. The Balaban J connectivity index is 2.15. The molecule has 0 bridgehead atoms. The van der Waals surface area contributed by atoms with Crippen molar-refractivity contribution in [1.82, 2.24) is 15.1 Å². The molecule has 2 aromatic heterocycles. The second kappa shape index (κ2) is 4.05. The Morgan fingerprint density at radius 1 is 1.40 bits per heavy atom. The van der Waals surface area contributed by atoms with Gasteiger partial charge in [0.2, 0.25) is 0 Å². The molecule has 15 heavy (non-hydrogen) atoms. The van der Waals surface area contributed by atoms with Gasteiger partial charge in [0.1, 0.15) is 22.8 Å². The summed E-state index contributed by atoms with van der Waals surface area (Å²) in [6.07, 6.45) is 5.33. The number of hydrogen-bond donors (Lipinski definition) is 1. The first-order valence-electron chi connectivity index (χ1n) is 3.94. The van der Waals surface area contributed by atoms with Gasteiger partial charge in [0.15, 0.2) is 0 Å². The van der Waals surface area contributed by atoms with E-state index in [-0.39, 0.29) is 10.8 Å². The van der Waals surface area contributed by atoms with Crippen LogP contribution in [0.2, 0.25) is 5.15 Å². The van der Waals surface area contributed by atoms with Crippen LogP contribution in [0.25, 0.3) is 0 Å². The molecule has 0 aliphatic heterocycles. The third-order valence-electron chi connectivity index (χ3n) is 1.53. The molecule has 6 nitrogen and oxygen atoms in total. The Morgan fingerprint density at radius 3 is 2.93 bits per heavy atom. The number of nitrogens with one attached hydrogen (secondary N) is 1. The maximum absolute atomic E-state index is 11.5. The number of carbonyl (C=O) groups is 1. The van der Waals surface area contributed by atoms with Gasteiger partial charge in [-0.2, -0.15) is 0 Å². The number of aromatic nitrogens is 3. The van der Waals surface area contributed by atoms with E-state index in [2.05, 4.69) is 25.0 Å². The number of hydrogen-bond acceptors (Lipinski definition) is 5. The zero-order valence-corrected chi connectivity index (χ0v) is 8.10. The summed E-state index contributed by atoms with van der Waals surface area (Å²) in [5, 5.41) is 6.10. The average Bonchev–Trinajstić information content (AvgIpc) is 2.70. The molecular formula is C8H5ClN4O2. The highest BCUT2D eigenvalue weighted by atomic mass is 35.5. The molecule has 0 spiro atoms. The van der Waals surface area contributed by atoms with Crippen molar-refractivity contribution in [3.63, 3.8) is 0 Å². The second-order valence-corrected chi connectivity index (χ2v) is 2.98. The molecule has 0 saturated heterocycles. The first-order valence-corrected chi connectivity index (χ1v) is 4.32. The normalized spacial score (nSPS) is 9.93. The van der Waals surface area contributed by atoms with Gasteiger partial charge in [-0.25, -0.2) is 4.98 Å². The lowest BCUT2D eigenvalue weighted by atomic mass is 10.4. The van der Waals surface area contributed by atoms with E-state index in [1.54, 1.807) is 0 Å². The van der Waals surface area contributed by atoms with Crippen LogP contribution in [0.5, 0.6) is 0 Å². The molecular weight excluding hydrogens is 220 g/mol. The maximum Gasteiger partial charge on any atom is 0.276 e. The second-order valence-electron chi connectivity index (χ2n) is 2.59. The van der Waals surface area contributed by atoms with E-state index in [0.29, 0.717) is 5.69 Å². The van der Waals surface area contributed by atoms with Gasteiger partial charge in [-0.05, 0) is 0 Å². The Morgan fingerprint density at radius 2 is 2.27 bits per heavy atom. The molecule has 2 heterocycles. The molecule has 2 aromatic rings. The lowest BCUT2D eigenvalue weighted by molar-refractivity contribution is 0.102. The van der Waals surface area contributed by atoms with Crippen LogP contribution in [0.15, 0.2) is 29.4 Å². The number of halogens is 1. The molecule has 0 aliphatic rings. The van der Waals surface area contributed by atoms with Crippen molar-refractivity contribution in [1.29, 1.82) is 0 Å². The highest BCUT2D eigenvalue weighted by Gasteiger charge is 2.09. The maximum atomic E-state index is 11.5. The van der Waals surface area contributed by atoms with Gasteiger partial charge in [-0.1, -0.05) is 16.8 Å². The number of amides is 1. The van der Waals surface area contributed by atoms with Crippen LogP contribution in [0.3, 0.4) is 0 Å². The van der Waals surface area contributed by atoms with Crippen LogP contribution in [0.1, 0.15) is 10.5 Å². The molecule has 0 unspecified atom stereocenters. The van der Waals surface area contributed by atoms with Gasteiger partial charge < -0.3 is 9.84 Å². The van der Waals surface area contributed by atoms with Crippen molar-refractivity contribution < 1.29 is 9.32 Å². The summed E-state index contributed by atoms with van der Waals surface area (Å²) in [5.74, 6) is -0.423. The van der Waals surface area contributed by atoms with Crippen LogP contribution >= 0.6 is 11.6 Å². The van der Waals surface area contributed by atoms with Crippen molar-refractivity contribution in [2.45, 2.75) is 0 Å². The van der Waals surface area contributed by atoms with Crippen LogP contribution < -0.4 is 5.32 Å². The molecule has 0 saturated carbocycles. The highest BCUT2D eigenvalue weighted by Crippen LogP contribution is 2.07. The molecule has 0 fully saturated rings. The minimum absolute atomic E-state index is 0.128. The lowest BCUT2D eigenvalue weighted by Gasteiger charge is -1.99. The summed E-state index contributed by atoms with van der Waals surface area (Å²) in [6.45, 7) is 0. The summed E-state index contributed by atoms with van der Waals surface area (Å²) >= 11 is 5.59. The standard InChI is InChI=1S/C8H5ClN4O2/c9-7-3-10-2-6(13-7)8(14)12-5-1-11-15-4-5/h1-4H,(H,12,14). The fourth-order valence-electron chi connectivity index (χ4n) is 0.913. The number of carbonyl (C=O) groups excluding carboxylic acids is 1. The fourth-order valence-corrected chi connectivity index (χ4v) is 1.06. The van der Waals surface area contributed by atoms with Crippen molar-refractivity contribution in [2.24, 2.45) is 0 Å². The Bertz CT molecular complexity index is 471. The van der Waals surface area contributed by atoms with Crippen molar-refractivity contribution in [3.05, 3.63) is 35.7 Å². The Hall–Kier alpha value is -1.95. The van der Waals surface area contributed by atoms with Gasteiger partial charge in [-0.3, -0.25) is 9.78 Å². The Kier molecular flexibility index (Phi) is 2.59. The molecule has 1 amide bonds. The van der Waals surface area contributed by atoms with Crippen molar-refractivity contribution in [3.8, 4) is 0 Å². The van der Waals surface area contributed by atoms with Gasteiger partial charge in [0, 0.05) is 0 Å². The topological polar surface area (TPSA) is 80.9 Å². The number of rotatable bonds is 2. The summed E-state index contributed by atoms with van der Waals surface area (Å²) < 4.78 is 4.55. The van der Waals surface area contributed by atoms with E-state index < -0.39 is 5.91 Å². The van der Waals surface area contributed by atoms with E-state index >= 15 is 0 Å². The molecule has 7 heteroatoms. The summed E-state index contributed by atoms with van der Waals surface area (Å²) in [6, 6.07) is 0. The molecule has 76 valence electrons. The van der Waals surface area contributed by atoms with Crippen LogP contribution in [-0.2, 0) is 0 Å². The minimum atomic E-state index is -0.423. The molecule has 0 radical (unpaired) electrons. The minimum Gasteiger partial charge on any atom is -0.363 e. The Labute approximate surface area is 89.3 Å². The number of nitrogens with zero attached hydrogens (tertiary/aromatic N) is 3. The largest absolute Gasteiger partial charge is 0.363 e. The van der Waals surface area contributed by atoms with Crippen LogP contribution in [0.4, 0.5) is 5.69 Å². The molecule has 1 N–H and O–H groups in total. The zero-order valence-electron chi connectivity index (χ0n) is 7.35. The van der Waals surface area contributed by atoms with E-state index in [0.717, 1.165) is 0 Å². The number of anilines is 1. The van der Waals surface area contributed by atoms with Crippen molar-refractivity contribution >= 4 is 23.2 Å². The van der Waals surface area contributed by atoms with E-state index in [4.69, 9.17) is 11.6 Å². The molecule has 0 aromatic carbocycles. The first kappa shape index (κ1) is 9.60. The monoisotopic (exact) mass is 224 g/mol. The summed E-state index contributed by atoms with van der Waals surface area (Å²) in [5.41, 5.74) is 0.575. The first-order chi connectivity index (χ1) is 7.25. The zero-order chi connectivity index (χ0) is 10.7. The summed E-state index contributed by atoms with van der Waals surface area (Å²) in [4.78, 5) is 19.1. The van der Waals surface area contributed by atoms with Crippen LogP contribution in [0, 0.1) is 0 Å². The van der Waals surface area contributed by atoms with E-state index in [1.807, 2.05) is 0 Å². The molecule has 0 aliphatic carbocycles. The van der Waals surface area contributed by atoms with Crippen molar-refractivity contribution in [2.75, 3.05) is 5.32 Å².